The molecule has 2 N–H and O–H groups in total. The molecule has 0 fully saturated rings. The highest BCUT2D eigenvalue weighted by Crippen LogP contribution is 2.35. The van der Waals surface area contributed by atoms with Crippen LogP contribution in [0.25, 0.3) is 0 Å². The van der Waals surface area contributed by atoms with E-state index in [1.54, 1.807) is 0 Å². The smallest absolute Gasteiger partial charge is 0.168 e. The number of aliphatic hydroxyl groups excluding tert-OH is 1. The molecule has 0 bridgehead atoms. The maximum absolute atomic E-state index is 11.5. The van der Waals surface area contributed by atoms with Crippen LogP contribution in [0, 0.1) is 10.8 Å². The number of nitrogens with one attached hydrogen (secondary N) is 1. The molecule has 0 saturated carbocycles. The summed E-state index contributed by atoms with van der Waals surface area (Å²) in [6, 6.07) is 0. The summed E-state index contributed by atoms with van der Waals surface area (Å²) in [4.78, 5) is 11.5. The second-order valence-corrected chi connectivity index (χ2v) is 4.39. The highest BCUT2D eigenvalue weighted by atomic mass is 16.3. The first kappa shape index (κ1) is 13.9. The largest absolute Gasteiger partial charge is 0.511 e. The lowest BCUT2D eigenvalue weighted by atomic mass is 9.76. The summed E-state index contributed by atoms with van der Waals surface area (Å²) >= 11 is 0. The number of ketones is 1. The highest BCUT2D eigenvalue weighted by molar-refractivity contribution is 6.21. The van der Waals surface area contributed by atoms with Crippen LogP contribution in [0.15, 0.2) is 11.3 Å². The summed E-state index contributed by atoms with van der Waals surface area (Å²) in [5, 5.41) is 16.9. The number of Topliss-reactive ketones (excluding diaryl/α,β-unsaturated/α-hetero) is 1. The Kier molecular flexibility index (Phi) is 4.72. The van der Waals surface area contributed by atoms with Gasteiger partial charge >= 0.3 is 0 Å². The Morgan fingerprint density at radius 2 is 1.80 bits per heavy atom. The lowest BCUT2D eigenvalue weighted by molar-refractivity contribution is -0.117. The third-order valence-corrected chi connectivity index (χ3v) is 2.23. The number of rotatable bonds is 1. The van der Waals surface area contributed by atoms with Gasteiger partial charge in [-0.1, -0.05) is 27.7 Å². The molecule has 3 nitrogen and oxygen atoms in total. The molecule has 1 aliphatic carbocycles. The summed E-state index contributed by atoms with van der Waals surface area (Å²) in [5.41, 5.74) is 0.220. The molecule has 0 radical (unpaired) electrons. The second-order valence-electron chi connectivity index (χ2n) is 4.39. The van der Waals surface area contributed by atoms with E-state index in [1.807, 2.05) is 27.7 Å². The summed E-state index contributed by atoms with van der Waals surface area (Å²) in [6.07, 6.45) is 0.910. The van der Waals surface area contributed by atoms with Crippen molar-refractivity contribution < 1.29 is 9.90 Å². The molecule has 0 unspecified atom stereocenters. The SMILES string of the molecule is CC.CC(=N)C1=C(O)CC(C)(C)CC1=O. The van der Waals surface area contributed by atoms with Gasteiger partial charge in [-0.15, -0.1) is 0 Å². The van der Waals surface area contributed by atoms with Gasteiger partial charge in [0.05, 0.1) is 5.57 Å². The molecular weight excluding hydrogens is 190 g/mol. The van der Waals surface area contributed by atoms with Crippen LogP contribution in [0.4, 0.5) is 0 Å². The molecule has 0 aliphatic heterocycles. The first-order valence-corrected chi connectivity index (χ1v) is 5.34. The quantitative estimate of drug-likeness (QED) is 0.654. The molecule has 1 aliphatic rings. The summed E-state index contributed by atoms with van der Waals surface area (Å²) in [6.45, 7) is 9.41. The third kappa shape index (κ3) is 3.50. The van der Waals surface area contributed by atoms with Crippen LogP contribution < -0.4 is 0 Å². The van der Waals surface area contributed by atoms with Gasteiger partial charge in [-0.3, -0.25) is 4.79 Å². The normalized spacial score (nSPS) is 19.4. The summed E-state index contributed by atoms with van der Waals surface area (Å²) in [7, 11) is 0. The van der Waals surface area contributed by atoms with Gasteiger partial charge in [-0.05, 0) is 12.3 Å². The second kappa shape index (κ2) is 5.10. The molecule has 0 spiro atoms. The molecule has 0 heterocycles. The van der Waals surface area contributed by atoms with Crippen molar-refractivity contribution in [1.29, 1.82) is 5.41 Å². The molecule has 0 aromatic rings. The van der Waals surface area contributed by atoms with Gasteiger partial charge < -0.3 is 10.5 Å². The lowest BCUT2D eigenvalue weighted by Gasteiger charge is -2.29. The Balaban J connectivity index is 0.000000921. The Morgan fingerprint density at radius 3 is 2.13 bits per heavy atom. The predicted molar refractivity (Wildman–Crippen MR) is 62.4 cm³/mol. The lowest BCUT2D eigenvalue weighted by Crippen LogP contribution is -2.28. The van der Waals surface area contributed by atoms with Crippen molar-refractivity contribution in [1.82, 2.24) is 0 Å². The number of allylic oxidation sites excluding steroid dienone is 2. The van der Waals surface area contributed by atoms with Crippen LogP contribution in [0.3, 0.4) is 0 Å². The van der Waals surface area contributed by atoms with E-state index >= 15 is 0 Å². The van der Waals surface area contributed by atoms with Gasteiger partial charge in [0, 0.05) is 18.6 Å². The van der Waals surface area contributed by atoms with Crippen LogP contribution in [-0.4, -0.2) is 16.6 Å². The Hall–Kier alpha value is -1.12. The molecule has 0 atom stereocenters. The molecule has 0 aromatic carbocycles. The molecule has 0 amide bonds. The number of carbonyl (C=O) groups excluding carboxylic acids is 1. The minimum Gasteiger partial charge on any atom is -0.511 e. The van der Waals surface area contributed by atoms with Crippen LogP contribution in [0.2, 0.25) is 0 Å². The van der Waals surface area contributed by atoms with E-state index in [0.29, 0.717) is 12.8 Å². The van der Waals surface area contributed by atoms with Gasteiger partial charge in [-0.25, -0.2) is 0 Å². The predicted octanol–water partition coefficient (Wildman–Crippen LogP) is 3.25. The summed E-state index contributed by atoms with van der Waals surface area (Å²) in [5.74, 6) is -0.0324. The standard InChI is InChI=1S/C10H15NO2.C2H6/c1-6(11)9-7(12)4-10(2,3)5-8(9)13;1-2/h11-12H,4-5H2,1-3H3;1-2H3. The Morgan fingerprint density at radius 1 is 1.33 bits per heavy atom. The fourth-order valence-electron chi connectivity index (χ4n) is 1.71. The number of aliphatic hydroxyl groups is 1. The maximum Gasteiger partial charge on any atom is 0.168 e. The minimum atomic E-state index is -0.167. The van der Waals surface area contributed by atoms with Crippen molar-refractivity contribution >= 4 is 11.5 Å². The van der Waals surface area contributed by atoms with E-state index in [-0.39, 0.29) is 28.2 Å². The van der Waals surface area contributed by atoms with Crippen molar-refractivity contribution in [2.24, 2.45) is 5.41 Å². The molecule has 0 aromatic heterocycles. The van der Waals surface area contributed by atoms with Gasteiger partial charge in [-0.2, -0.15) is 0 Å². The van der Waals surface area contributed by atoms with E-state index in [1.165, 1.54) is 6.92 Å². The number of hydrogen-bond donors (Lipinski definition) is 2. The van der Waals surface area contributed by atoms with Gasteiger partial charge in [0.15, 0.2) is 5.78 Å². The average molecular weight is 211 g/mol. The first-order valence-electron chi connectivity index (χ1n) is 5.34. The van der Waals surface area contributed by atoms with Gasteiger partial charge in [0.2, 0.25) is 0 Å². The molecule has 15 heavy (non-hydrogen) atoms. The fraction of sp³-hybridized carbons (Fsp3) is 0.667. The van der Waals surface area contributed by atoms with E-state index in [9.17, 15) is 9.90 Å². The zero-order valence-electron chi connectivity index (χ0n) is 10.3. The van der Waals surface area contributed by atoms with Crippen LogP contribution in [0.1, 0.15) is 47.5 Å². The van der Waals surface area contributed by atoms with Crippen LogP contribution >= 0.6 is 0 Å². The first-order chi connectivity index (χ1) is 6.83. The third-order valence-electron chi connectivity index (χ3n) is 2.23. The van der Waals surface area contributed by atoms with Crippen molar-refractivity contribution in [3.63, 3.8) is 0 Å². The van der Waals surface area contributed by atoms with E-state index in [4.69, 9.17) is 5.41 Å². The van der Waals surface area contributed by atoms with E-state index < -0.39 is 0 Å². The summed E-state index contributed by atoms with van der Waals surface area (Å²) < 4.78 is 0. The molecule has 1 rings (SSSR count). The van der Waals surface area contributed by atoms with Gasteiger partial charge in [0.25, 0.3) is 0 Å². The minimum absolute atomic E-state index is 0.0775. The van der Waals surface area contributed by atoms with Gasteiger partial charge in [0.1, 0.15) is 5.76 Å². The van der Waals surface area contributed by atoms with Crippen molar-refractivity contribution in [3.8, 4) is 0 Å². The topological polar surface area (TPSA) is 61.1 Å². The number of hydrogen-bond acceptors (Lipinski definition) is 3. The van der Waals surface area contributed by atoms with E-state index in [0.717, 1.165) is 0 Å². The van der Waals surface area contributed by atoms with Crippen molar-refractivity contribution in [2.45, 2.75) is 47.5 Å². The Bertz CT molecular complexity index is 301. The Labute approximate surface area is 91.7 Å². The maximum atomic E-state index is 11.5. The van der Waals surface area contributed by atoms with Crippen molar-refractivity contribution in [2.75, 3.05) is 0 Å². The average Bonchev–Trinajstić information content (AvgIpc) is 2.02. The highest BCUT2D eigenvalue weighted by Gasteiger charge is 2.33. The van der Waals surface area contributed by atoms with Crippen molar-refractivity contribution in [3.05, 3.63) is 11.3 Å². The molecule has 3 heteroatoms. The van der Waals surface area contributed by atoms with Crippen LogP contribution in [0.5, 0.6) is 0 Å². The molecule has 0 saturated heterocycles. The monoisotopic (exact) mass is 211 g/mol. The van der Waals surface area contributed by atoms with E-state index in [2.05, 4.69) is 0 Å². The molecular formula is C12H21NO2. The zero-order chi connectivity index (χ0) is 12.2. The molecule has 86 valence electrons. The van der Waals surface area contributed by atoms with Crippen LogP contribution in [-0.2, 0) is 4.79 Å². The zero-order valence-corrected chi connectivity index (χ0v) is 10.3. The number of carbonyl (C=O) groups is 1. The fourth-order valence-corrected chi connectivity index (χ4v) is 1.71.